The Hall–Kier alpha value is -2.40. The molecule has 2 aromatic heterocycles. The van der Waals surface area contributed by atoms with E-state index in [4.69, 9.17) is 0 Å². The van der Waals surface area contributed by atoms with Gasteiger partial charge in [0.05, 0.1) is 0 Å². The van der Waals surface area contributed by atoms with E-state index in [-0.39, 0.29) is 5.91 Å². The maximum atomic E-state index is 12.6. The lowest BCUT2D eigenvalue weighted by atomic mass is 10.2. The first kappa shape index (κ1) is 11.7. The standard InChI is InChI=1S/C14H11N3OS/c18-13(11-5-2-1-3-6-11)17(12-7-4-8-15-12)14-16-9-10-19-14/h1-10,15H. The minimum atomic E-state index is -0.0991. The number of carbonyl (C=O) groups excluding carboxylic acids is 1. The normalized spacial score (nSPS) is 10.3. The van der Waals surface area contributed by atoms with Crippen LogP contribution in [0.2, 0.25) is 0 Å². The second-order valence-corrected chi connectivity index (χ2v) is 4.75. The largest absolute Gasteiger partial charge is 0.348 e. The molecule has 0 spiro atoms. The number of aromatic amines is 1. The number of rotatable bonds is 3. The molecule has 94 valence electrons. The van der Waals surface area contributed by atoms with Crippen molar-refractivity contribution in [3.63, 3.8) is 0 Å². The lowest BCUT2D eigenvalue weighted by Crippen LogP contribution is -2.26. The van der Waals surface area contributed by atoms with Crippen molar-refractivity contribution < 1.29 is 4.79 Å². The van der Waals surface area contributed by atoms with Crippen LogP contribution in [0.4, 0.5) is 10.9 Å². The van der Waals surface area contributed by atoms with E-state index in [1.807, 2.05) is 35.7 Å². The zero-order valence-corrected chi connectivity index (χ0v) is 10.8. The van der Waals surface area contributed by atoms with Gasteiger partial charge in [-0.2, -0.15) is 0 Å². The fraction of sp³-hybridized carbons (Fsp3) is 0. The van der Waals surface area contributed by atoms with Gasteiger partial charge in [-0.3, -0.25) is 4.79 Å². The molecule has 4 nitrogen and oxygen atoms in total. The number of hydrogen-bond donors (Lipinski definition) is 1. The second-order valence-electron chi connectivity index (χ2n) is 3.88. The number of aromatic nitrogens is 2. The number of H-pyrrole nitrogens is 1. The predicted molar refractivity (Wildman–Crippen MR) is 75.8 cm³/mol. The molecular weight excluding hydrogens is 258 g/mol. The Morgan fingerprint density at radius 2 is 2.00 bits per heavy atom. The first-order valence-corrected chi connectivity index (χ1v) is 6.66. The zero-order chi connectivity index (χ0) is 13.1. The molecule has 0 saturated carbocycles. The van der Waals surface area contributed by atoms with Crippen LogP contribution >= 0.6 is 11.3 Å². The number of nitrogens with one attached hydrogen (secondary N) is 1. The highest BCUT2D eigenvalue weighted by molar-refractivity contribution is 7.13. The van der Waals surface area contributed by atoms with E-state index < -0.39 is 0 Å². The van der Waals surface area contributed by atoms with Crippen LogP contribution in [0.25, 0.3) is 0 Å². The maximum absolute atomic E-state index is 12.6. The van der Waals surface area contributed by atoms with Gasteiger partial charge >= 0.3 is 0 Å². The zero-order valence-electron chi connectivity index (χ0n) is 9.98. The highest BCUT2D eigenvalue weighted by atomic mass is 32.1. The number of benzene rings is 1. The summed E-state index contributed by atoms with van der Waals surface area (Å²) in [5.41, 5.74) is 0.632. The summed E-state index contributed by atoms with van der Waals surface area (Å²) < 4.78 is 0. The highest BCUT2D eigenvalue weighted by Crippen LogP contribution is 2.27. The minimum absolute atomic E-state index is 0.0991. The van der Waals surface area contributed by atoms with Gasteiger partial charge in [0, 0.05) is 23.3 Å². The van der Waals surface area contributed by atoms with Crippen LogP contribution in [0.5, 0.6) is 0 Å². The van der Waals surface area contributed by atoms with Crippen LogP contribution in [0.15, 0.2) is 60.2 Å². The van der Waals surface area contributed by atoms with Gasteiger partial charge in [-0.15, -0.1) is 11.3 Å². The average Bonchev–Trinajstić information content (AvgIpc) is 3.13. The van der Waals surface area contributed by atoms with E-state index in [2.05, 4.69) is 9.97 Å². The average molecular weight is 269 g/mol. The van der Waals surface area contributed by atoms with E-state index >= 15 is 0 Å². The number of amides is 1. The van der Waals surface area contributed by atoms with Crippen molar-refractivity contribution in [1.29, 1.82) is 0 Å². The van der Waals surface area contributed by atoms with Crippen molar-refractivity contribution in [3.05, 3.63) is 65.8 Å². The molecule has 0 aliphatic carbocycles. The Balaban J connectivity index is 2.03. The number of hydrogen-bond acceptors (Lipinski definition) is 3. The van der Waals surface area contributed by atoms with Crippen molar-refractivity contribution in [3.8, 4) is 0 Å². The molecule has 0 radical (unpaired) electrons. The van der Waals surface area contributed by atoms with Gasteiger partial charge in [0.25, 0.3) is 5.91 Å². The number of nitrogens with zero attached hydrogens (tertiary/aromatic N) is 2. The summed E-state index contributed by atoms with van der Waals surface area (Å²) in [6, 6.07) is 12.9. The summed E-state index contributed by atoms with van der Waals surface area (Å²) in [5.74, 6) is 0.613. The Labute approximate surface area is 114 Å². The summed E-state index contributed by atoms with van der Waals surface area (Å²) in [6.45, 7) is 0. The number of thiazole rings is 1. The van der Waals surface area contributed by atoms with Gasteiger partial charge in [0.1, 0.15) is 5.82 Å². The van der Waals surface area contributed by atoms with Crippen molar-refractivity contribution in [2.24, 2.45) is 0 Å². The number of anilines is 2. The number of carbonyl (C=O) groups is 1. The molecule has 0 atom stereocenters. The predicted octanol–water partition coefficient (Wildman–Crippen LogP) is 3.45. The maximum Gasteiger partial charge on any atom is 0.265 e. The molecule has 3 rings (SSSR count). The third-order valence-corrected chi connectivity index (χ3v) is 3.41. The third-order valence-electron chi connectivity index (χ3n) is 2.66. The summed E-state index contributed by atoms with van der Waals surface area (Å²) in [6.07, 6.45) is 3.47. The van der Waals surface area contributed by atoms with Gasteiger partial charge in [0.2, 0.25) is 0 Å². The molecule has 1 aromatic carbocycles. The Morgan fingerprint density at radius 1 is 1.16 bits per heavy atom. The minimum Gasteiger partial charge on any atom is -0.348 e. The molecule has 19 heavy (non-hydrogen) atoms. The Kier molecular flexibility index (Phi) is 3.12. The van der Waals surface area contributed by atoms with Crippen molar-refractivity contribution in [1.82, 2.24) is 9.97 Å². The Morgan fingerprint density at radius 3 is 2.63 bits per heavy atom. The Bertz CT molecular complexity index is 613. The van der Waals surface area contributed by atoms with E-state index in [0.717, 1.165) is 0 Å². The van der Waals surface area contributed by atoms with Crippen molar-refractivity contribution in [2.45, 2.75) is 0 Å². The van der Waals surface area contributed by atoms with Crippen LogP contribution in [0, 0.1) is 0 Å². The fourth-order valence-electron chi connectivity index (χ4n) is 1.80. The van der Waals surface area contributed by atoms with Crippen LogP contribution in [-0.4, -0.2) is 15.9 Å². The molecule has 3 aromatic rings. The third kappa shape index (κ3) is 2.28. The van der Waals surface area contributed by atoms with E-state index in [1.165, 1.54) is 11.3 Å². The second kappa shape index (κ2) is 5.07. The molecule has 0 aliphatic heterocycles. The van der Waals surface area contributed by atoms with Crippen molar-refractivity contribution in [2.75, 3.05) is 4.90 Å². The SMILES string of the molecule is O=C(c1ccccc1)N(c1ccc[nH]1)c1nccs1. The molecular formula is C14H11N3OS. The van der Waals surface area contributed by atoms with E-state index in [0.29, 0.717) is 16.5 Å². The van der Waals surface area contributed by atoms with Crippen LogP contribution < -0.4 is 4.90 Å². The van der Waals surface area contributed by atoms with Gasteiger partial charge < -0.3 is 4.98 Å². The summed E-state index contributed by atoms with van der Waals surface area (Å²) in [7, 11) is 0. The molecule has 1 amide bonds. The first-order chi connectivity index (χ1) is 9.36. The fourth-order valence-corrected chi connectivity index (χ4v) is 2.45. The topological polar surface area (TPSA) is 49.0 Å². The lowest BCUT2D eigenvalue weighted by Gasteiger charge is -2.18. The van der Waals surface area contributed by atoms with E-state index in [1.54, 1.807) is 29.4 Å². The molecule has 0 aliphatic rings. The van der Waals surface area contributed by atoms with E-state index in [9.17, 15) is 4.79 Å². The molecule has 1 N–H and O–H groups in total. The van der Waals surface area contributed by atoms with Crippen molar-refractivity contribution >= 4 is 28.2 Å². The molecule has 2 heterocycles. The quantitative estimate of drug-likeness (QED) is 0.791. The first-order valence-electron chi connectivity index (χ1n) is 5.78. The summed E-state index contributed by atoms with van der Waals surface area (Å²) in [5, 5.41) is 2.50. The molecule has 0 fully saturated rings. The molecule has 0 bridgehead atoms. The smallest absolute Gasteiger partial charge is 0.265 e. The lowest BCUT2D eigenvalue weighted by molar-refractivity contribution is 0.0998. The van der Waals surface area contributed by atoms with Gasteiger partial charge in [-0.05, 0) is 24.3 Å². The molecule has 0 saturated heterocycles. The van der Waals surface area contributed by atoms with Gasteiger partial charge in [0.15, 0.2) is 5.13 Å². The van der Waals surface area contributed by atoms with Gasteiger partial charge in [-0.25, -0.2) is 9.88 Å². The molecule has 0 unspecified atom stereocenters. The van der Waals surface area contributed by atoms with Gasteiger partial charge in [-0.1, -0.05) is 18.2 Å². The molecule has 5 heteroatoms. The summed E-state index contributed by atoms with van der Waals surface area (Å²) in [4.78, 5) is 21.5. The van der Waals surface area contributed by atoms with Crippen LogP contribution in [0.3, 0.4) is 0 Å². The summed E-state index contributed by atoms with van der Waals surface area (Å²) >= 11 is 1.43. The van der Waals surface area contributed by atoms with Crippen LogP contribution in [-0.2, 0) is 0 Å². The highest BCUT2D eigenvalue weighted by Gasteiger charge is 2.22. The monoisotopic (exact) mass is 269 g/mol. The van der Waals surface area contributed by atoms with Crippen LogP contribution in [0.1, 0.15) is 10.4 Å².